The molecule has 1 aromatic rings. The number of hydrogen-bond donors (Lipinski definition) is 1. The number of halogens is 1. The van der Waals surface area contributed by atoms with Gasteiger partial charge in [-0.2, -0.15) is 0 Å². The second-order valence-electron chi connectivity index (χ2n) is 5.97. The van der Waals surface area contributed by atoms with E-state index in [1.54, 1.807) is 6.07 Å². The van der Waals surface area contributed by atoms with Crippen molar-refractivity contribution < 1.29 is 14.6 Å². The Bertz CT molecular complexity index is 516. The molecule has 0 aromatic heterocycles. The molecule has 0 heterocycles. The predicted octanol–water partition coefficient (Wildman–Crippen LogP) is 4.03. The van der Waals surface area contributed by atoms with E-state index >= 15 is 0 Å². The third-order valence-electron chi connectivity index (χ3n) is 4.51. The Kier molecular flexibility index (Phi) is 3.63. The lowest BCUT2D eigenvalue weighted by Crippen LogP contribution is -2.33. The Morgan fingerprint density at radius 2 is 2.05 bits per heavy atom. The number of rotatable bonds is 5. The number of aliphatic carboxylic acids is 1. The molecule has 0 aliphatic heterocycles. The van der Waals surface area contributed by atoms with Crippen molar-refractivity contribution in [1.82, 2.24) is 0 Å². The molecule has 2 saturated carbocycles. The second kappa shape index (κ2) is 5.28. The summed E-state index contributed by atoms with van der Waals surface area (Å²) in [6, 6.07) is 5.47. The van der Waals surface area contributed by atoms with Crippen LogP contribution in [0.25, 0.3) is 0 Å². The van der Waals surface area contributed by atoms with E-state index in [2.05, 4.69) is 0 Å². The molecule has 0 bridgehead atoms. The van der Waals surface area contributed by atoms with E-state index in [1.165, 1.54) is 12.8 Å². The number of carbonyl (C=O) groups is 1. The summed E-state index contributed by atoms with van der Waals surface area (Å²) in [4.78, 5) is 11.8. The van der Waals surface area contributed by atoms with Gasteiger partial charge >= 0.3 is 5.97 Å². The van der Waals surface area contributed by atoms with Crippen LogP contribution in [0.15, 0.2) is 18.2 Å². The molecular formula is C16H19ClO3. The number of para-hydroxylation sites is 1. The van der Waals surface area contributed by atoms with E-state index in [1.807, 2.05) is 12.1 Å². The number of carboxylic acids is 1. The van der Waals surface area contributed by atoms with E-state index in [9.17, 15) is 9.90 Å². The van der Waals surface area contributed by atoms with Crippen molar-refractivity contribution in [3.63, 3.8) is 0 Å². The van der Waals surface area contributed by atoms with Crippen LogP contribution >= 0.6 is 11.6 Å². The molecule has 0 atom stereocenters. The van der Waals surface area contributed by atoms with E-state index in [4.69, 9.17) is 16.3 Å². The molecule has 1 aromatic carbocycles. The lowest BCUT2D eigenvalue weighted by Gasteiger charge is -2.27. The molecule has 108 valence electrons. The van der Waals surface area contributed by atoms with Crippen molar-refractivity contribution in [2.75, 3.05) is 6.61 Å². The maximum absolute atomic E-state index is 11.8. The summed E-state index contributed by atoms with van der Waals surface area (Å²) in [5, 5.41) is 10.2. The van der Waals surface area contributed by atoms with Gasteiger partial charge < -0.3 is 9.84 Å². The van der Waals surface area contributed by atoms with Gasteiger partial charge in [-0.3, -0.25) is 4.79 Å². The quantitative estimate of drug-likeness (QED) is 0.892. The van der Waals surface area contributed by atoms with Crippen LogP contribution in [0.3, 0.4) is 0 Å². The molecule has 0 unspecified atom stereocenters. The molecule has 0 spiro atoms. The maximum atomic E-state index is 11.8. The second-order valence-corrected chi connectivity index (χ2v) is 6.37. The highest BCUT2D eigenvalue weighted by Crippen LogP contribution is 2.47. The Morgan fingerprint density at radius 3 is 2.65 bits per heavy atom. The number of carboxylic acid groups (broad SMARTS) is 1. The standard InChI is InChI=1S/C16H19ClO3/c17-13-5-3-4-12(14(13)20-10-11-6-7-11)16(15(18)19)8-1-2-9-16/h3-5,11H,1-2,6-10H2,(H,18,19). The van der Waals surface area contributed by atoms with Crippen molar-refractivity contribution >= 4 is 17.6 Å². The van der Waals surface area contributed by atoms with Gasteiger partial charge in [0.15, 0.2) is 0 Å². The molecule has 2 aliphatic rings. The van der Waals surface area contributed by atoms with Gasteiger partial charge in [-0.1, -0.05) is 36.6 Å². The van der Waals surface area contributed by atoms with Crippen molar-refractivity contribution in [3.8, 4) is 5.75 Å². The van der Waals surface area contributed by atoms with Crippen LogP contribution in [0, 0.1) is 5.92 Å². The van der Waals surface area contributed by atoms with E-state index < -0.39 is 11.4 Å². The van der Waals surface area contributed by atoms with Crippen molar-refractivity contribution in [1.29, 1.82) is 0 Å². The predicted molar refractivity (Wildman–Crippen MR) is 77.5 cm³/mol. The Hall–Kier alpha value is -1.22. The summed E-state index contributed by atoms with van der Waals surface area (Å²) in [7, 11) is 0. The maximum Gasteiger partial charge on any atom is 0.314 e. The minimum atomic E-state index is -0.816. The zero-order valence-corrected chi connectivity index (χ0v) is 12.2. The van der Waals surface area contributed by atoms with Crippen LogP contribution in [0.5, 0.6) is 5.75 Å². The first-order valence-electron chi connectivity index (χ1n) is 7.29. The number of ether oxygens (including phenoxy) is 1. The molecule has 2 aliphatic carbocycles. The fraction of sp³-hybridized carbons (Fsp3) is 0.562. The largest absolute Gasteiger partial charge is 0.491 e. The van der Waals surface area contributed by atoms with Crippen LogP contribution in [0.4, 0.5) is 0 Å². The third kappa shape index (κ3) is 2.39. The zero-order valence-electron chi connectivity index (χ0n) is 11.4. The van der Waals surface area contributed by atoms with Crippen LogP contribution in [-0.4, -0.2) is 17.7 Å². The van der Waals surface area contributed by atoms with Gasteiger partial charge in [-0.05, 0) is 37.7 Å². The molecule has 4 heteroatoms. The Labute approximate surface area is 123 Å². The SMILES string of the molecule is O=C(O)C1(c2cccc(Cl)c2OCC2CC2)CCCC1. The first-order chi connectivity index (χ1) is 9.63. The van der Waals surface area contributed by atoms with E-state index in [0.29, 0.717) is 36.1 Å². The highest BCUT2D eigenvalue weighted by molar-refractivity contribution is 6.32. The summed E-state index contributed by atoms with van der Waals surface area (Å²) in [5.41, 5.74) is -0.0558. The van der Waals surface area contributed by atoms with Crippen molar-refractivity contribution in [2.24, 2.45) is 5.92 Å². The smallest absolute Gasteiger partial charge is 0.314 e. The molecule has 0 radical (unpaired) electrons. The molecule has 0 saturated heterocycles. The number of benzene rings is 1. The van der Waals surface area contributed by atoms with Gasteiger partial charge in [-0.25, -0.2) is 0 Å². The molecule has 1 N–H and O–H groups in total. The van der Waals surface area contributed by atoms with Gasteiger partial charge in [0.25, 0.3) is 0 Å². The first kappa shape index (κ1) is 13.7. The van der Waals surface area contributed by atoms with E-state index in [0.717, 1.165) is 18.4 Å². The van der Waals surface area contributed by atoms with Crippen molar-refractivity contribution in [3.05, 3.63) is 28.8 Å². The molecule has 3 nitrogen and oxygen atoms in total. The van der Waals surface area contributed by atoms with Crippen LogP contribution in [0.1, 0.15) is 44.1 Å². The van der Waals surface area contributed by atoms with Gasteiger partial charge in [-0.15, -0.1) is 0 Å². The Balaban J connectivity index is 1.97. The van der Waals surface area contributed by atoms with Crippen molar-refractivity contribution in [2.45, 2.75) is 43.9 Å². The topological polar surface area (TPSA) is 46.5 Å². The fourth-order valence-corrected chi connectivity index (χ4v) is 3.32. The first-order valence-corrected chi connectivity index (χ1v) is 7.66. The summed E-state index contributed by atoms with van der Waals surface area (Å²) in [5.74, 6) is 0.447. The van der Waals surface area contributed by atoms with Crippen LogP contribution in [0.2, 0.25) is 5.02 Å². The Morgan fingerprint density at radius 1 is 1.35 bits per heavy atom. The fourth-order valence-electron chi connectivity index (χ4n) is 3.10. The average Bonchev–Trinajstić information content (AvgIpc) is 3.11. The van der Waals surface area contributed by atoms with Crippen LogP contribution in [-0.2, 0) is 10.2 Å². The minimum absolute atomic E-state index is 0.524. The van der Waals surface area contributed by atoms with Gasteiger partial charge in [0, 0.05) is 5.56 Å². The highest BCUT2D eigenvalue weighted by Gasteiger charge is 2.45. The third-order valence-corrected chi connectivity index (χ3v) is 4.81. The lowest BCUT2D eigenvalue weighted by molar-refractivity contribution is -0.143. The normalized spacial score (nSPS) is 20.9. The summed E-state index contributed by atoms with van der Waals surface area (Å²) < 4.78 is 5.88. The average molecular weight is 295 g/mol. The summed E-state index contributed by atoms with van der Waals surface area (Å²) >= 11 is 6.26. The molecular weight excluding hydrogens is 276 g/mol. The molecule has 2 fully saturated rings. The van der Waals surface area contributed by atoms with Gasteiger partial charge in [0.1, 0.15) is 5.75 Å². The summed E-state index contributed by atoms with van der Waals surface area (Å²) in [6.45, 7) is 0.645. The minimum Gasteiger partial charge on any atom is -0.491 e. The van der Waals surface area contributed by atoms with E-state index in [-0.39, 0.29) is 0 Å². The van der Waals surface area contributed by atoms with Gasteiger partial charge in [0.2, 0.25) is 0 Å². The molecule has 3 rings (SSSR count). The zero-order chi connectivity index (χ0) is 14.2. The monoisotopic (exact) mass is 294 g/mol. The molecule has 0 amide bonds. The lowest BCUT2D eigenvalue weighted by atomic mass is 9.78. The highest BCUT2D eigenvalue weighted by atomic mass is 35.5. The van der Waals surface area contributed by atoms with Gasteiger partial charge in [0.05, 0.1) is 17.0 Å². The van der Waals surface area contributed by atoms with Crippen LogP contribution < -0.4 is 4.74 Å². The molecule has 20 heavy (non-hydrogen) atoms. The number of hydrogen-bond acceptors (Lipinski definition) is 2. The summed E-state index contributed by atoms with van der Waals surface area (Å²) in [6.07, 6.45) is 5.63.